The number of aliphatic hydroxyl groups is 1. The molecule has 1 N–H and O–H groups in total. The molecule has 0 bridgehead atoms. The molecule has 6 nitrogen and oxygen atoms in total. The highest BCUT2D eigenvalue weighted by Crippen LogP contribution is 2.25. The van der Waals surface area contributed by atoms with Crippen molar-refractivity contribution in [3.63, 3.8) is 0 Å². The van der Waals surface area contributed by atoms with E-state index in [-0.39, 0.29) is 11.7 Å². The molecule has 1 aliphatic heterocycles. The minimum absolute atomic E-state index is 0.0854. The first-order valence-electron chi connectivity index (χ1n) is 10.6. The van der Waals surface area contributed by atoms with E-state index in [0.717, 1.165) is 53.5 Å². The number of aryl methyl sites for hydroxylation is 1. The normalized spacial score (nSPS) is 16.3. The minimum atomic E-state index is -0.694. The summed E-state index contributed by atoms with van der Waals surface area (Å²) in [6, 6.07) is 8.32. The van der Waals surface area contributed by atoms with Crippen LogP contribution < -0.4 is 0 Å². The lowest BCUT2D eigenvalue weighted by atomic mass is 9.89. The summed E-state index contributed by atoms with van der Waals surface area (Å²) < 4.78 is 1.79. The van der Waals surface area contributed by atoms with Gasteiger partial charge in [-0.05, 0) is 62.9 Å². The second-order valence-corrected chi connectivity index (χ2v) is 9.15. The third-order valence-electron chi connectivity index (χ3n) is 5.83. The topological polar surface area (TPSA) is 71.2 Å². The highest BCUT2D eigenvalue weighted by molar-refractivity contribution is 5.88. The van der Waals surface area contributed by atoms with Crippen molar-refractivity contribution in [2.24, 2.45) is 13.0 Å². The molecule has 0 amide bonds. The third-order valence-corrected chi connectivity index (χ3v) is 5.83. The molecule has 6 heteroatoms. The molecule has 30 heavy (non-hydrogen) atoms. The molecule has 0 aliphatic carbocycles. The van der Waals surface area contributed by atoms with Crippen LogP contribution in [0.15, 0.2) is 42.9 Å². The van der Waals surface area contributed by atoms with Crippen molar-refractivity contribution in [2.75, 3.05) is 19.6 Å². The molecule has 158 valence electrons. The molecule has 0 saturated carbocycles. The van der Waals surface area contributed by atoms with Gasteiger partial charge in [-0.2, -0.15) is 5.10 Å². The van der Waals surface area contributed by atoms with Gasteiger partial charge in [-0.25, -0.2) is 0 Å². The summed E-state index contributed by atoms with van der Waals surface area (Å²) in [4.78, 5) is 19.6. The Balaban J connectivity index is 1.43. The molecule has 2 aromatic heterocycles. The van der Waals surface area contributed by atoms with Gasteiger partial charge >= 0.3 is 0 Å². The number of ketones is 1. The quantitative estimate of drug-likeness (QED) is 0.681. The van der Waals surface area contributed by atoms with Crippen LogP contribution in [0.2, 0.25) is 0 Å². The maximum Gasteiger partial charge on any atom is 0.142 e. The Hall–Kier alpha value is -2.57. The average Bonchev–Trinajstić information content (AvgIpc) is 3.13. The van der Waals surface area contributed by atoms with Crippen molar-refractivity contribution in [3.8, 4) is 11.1 Å². The van der Waals surface area contributed by atoms with Crippen LogP contribution in [-0.4, -0.2) is 55.8 Å². The van der Waals surface area contributed by atoms with Crippen LogP contribution in [0.25, 0.3) is 21.9 Å². The minimum Gasteiger partial charge on any atom is -0.389 e. The van der Waals surface area contributed by atoms with Gasteiger partial charge in [0, 0.05) is 55.0 Å². The number of hydrogen-bond acceptors (Lipinski definition) is 5. The van der Waals surface area contributed by atoms with Gasteiger partial charge < -0.3 is 10.0 Å². The number of piperidine rings is 1. The standard InChI is InChI=1S/C24H30N4O2/c1-24(2,30)16-28-8-6-17(7-9-28)23(29)12-22-11-20-10-18(4-5-19(20)13-25-22)21-14-26-27(3)15-21/h4-5,10-11,13-15,17,30H,6-9,12,16H2,1-3H3. The number of likely N-dealkylation sites (tertiary alicyclic amines) is 1. The Kier molecular flexibility index (Phi) is 5.71. The highest BCUT2D eigenvalue weighted by Gasteiger charge is 2.27. The summed E-state index contributed by atoms with van der Waals surface area (Å²) in [6.07, 6.45) is 7.80. The molecule has 0 unspecified atom stereocenters. The lowest BCUT2D eigenvalue weighted by Gasteiger charge is -2.34. The number of aromatic nitrogens is 3. The van der Waals surface area contributed by atoms with Crippen LogP contribution in [0.4, 0.5) is 0 Å². The number of fused-ring (bicyclic) bond motifs is 1. The van der Waals surface area contributed by atoms with Gasteiger partial charge in [0.05, 0.1) is 11.8 Å². The lowest BCUT2D eigenvalue weighted by molar-refractivity contribution is -0.123. The molecule has 1 aliphatic rings. The van der Waals surface area contributed by atoms with Crippen LogP contribution in [0.5, 0.6) is 0 Å². The van der Waals surface area contributed by atoms with E-state index in [4.69, 9.17) is 0 Å². The summed E-state index contributed by atoms with van der Waals surface area (Å²) in [5, 5.41) is 16.4. The number of nitrogens with zero attached hydrogens (tertiary/aromatic N) is 4. The van der Waals surface area contributed by atoms with E-state index in [1.54, 1.807) is 4.68 Å². The third kappa shape index (κ3) is 4.94. The highest BCUT2D eigenvalue weighted by atomic mass is 16.3. The fourth-order valence-electron chi connectivity index (χ4n) is 4.32. The number of carbonyl (C=O) groups excluding carboxylic acids is 1. The monoisotopic (exact) mass is 406 g/mol. The number of hydrogen-bond donors (Lipinski definition) is 1. The molecule has 0 radical (unpaired) electrons. The van der Waals surface area contributed by atoms with Gasteiger partial charge in [0.15, 0.2) is 0 Å². The van der Waals surface area contributed by atoms with Crippen molar-refractivity contribution in [3.05, 3.63) is 48.5 Å². The van der Waals surface area contributed by atoms with Crippen molar-refractivity contribution in [1.82, 2.24) is 19.7 Å². The van der Waals surface area contributed by atoms with Crippen LogP contribution in [0, 0.1) is 5.92 Å². The predicted octanol–water partition coefficient (Wildman–Crippen LogP) is 3.23. The van der Waals surface area contributed by atoms with Crippen molar-refractivity contribution < 1.29 is 9.90 Å². The van der Waals surface area contributed by atoms with E-state index in [1.807, 2.05) is 45.6 Å². The molecule has 3 heterocycles. The molecular weight excluding hydrogens is 376 g/mol. The van der Waals surface area contributed by atoms with Gasteiger partial charge in [0.2, 0.25) is 0 Å². The average molecular weight is 407 g/mol. The molecule has 0 atom stereocenters. The van der Waals surface area contributed by atoms with Gasteiger partial charge in [0.25, 0.3) is 0 Å². The van der Waals surface area contributed by atoms with Gasteiger partial charge in [0.1, 0.15) is 5.78 Å². The molecule has 3 aromatic rings. The first-order valence-corrected chi connectivity index (χ1v) is 10.6. The van der Waals surface area contributed by atoms with Crippen molar-refractivity contribution in [1.29, 1.82) is 0 Å². The van der Waals surface area contributed by atoms with E-state index < -0.39 is 5.60 Å². The molecule has 1 saturated heterocycles. The molecule has 4 rings (SSSR count). The number of rotatable bonds is 6. The zero-order valence-electron chi connectivity index (χ0n) is 18.0. The maximum absolute atomic E-state index is 12.9. The zero-order valence-corrected chi connectivity index (χ0v) is 18.0. The van der Waals surface area contributed by atoms with E-state index in [0.29, 0.717) is 13.0 Å². The summed E-state index contributed by atoms with van der Waals surface area (Å²) in [6.45, 7) is 6.03. The zero-order chi connectivity index (χ0) is 21.3. The Morgan fingerprint density at radius 1 is 1.13 bits per heavy atom. The van der Waals surface area contributed by atoms with Crippen LogP contribution >= 0.6 is 0 Å². The van der Waals surface area contributed by atoms with Crippen LogP contribution in [-0.2, 0) is 18.3 Å². The van der Waals surface area contributed by atoms with E-state index in [2.05, 4.69) is 33.2 Å². The van der Waals surface area contributed by atoms with Gasteiger partial charge in [-0.3, -0.25) is 14.5 Å². The van der Waals surface area contributed by atoms with Crippen molar-refractivity contribution >= 4 is 16.6 Å². The number of β-amino-alcohol motifs (C(OH)–C–C–N with tert-alkyl or cyclic N) is 1. The smallest absolute Gasteiger partial charge is 0.142 e. The second kappa shape index (κ2) is 8.28. The first-order chi connectivity index (χ1) is 14.3. The maximum atomic E-state index is 12.9. The first kappa shape index (κ1) is 20.7. The lowest BCUT2D eigenvalue weighted by Crippen LogP contribution is -2.44. The van der Waals surface area contributed by atoms with Crippen molar-refractivity contribution in [2.45, 2.75) is 38.7 Å². The second-order valence-electron chi connectivity index (χ2n) is 9.15. The fourth-order valence-corrected chi connectivity index (χ4v) is 4.32. The summed E-state index contributed by atoms with van der Waals surface area (Å²) >= 11 is 0. The summed E-state index contributed by atoms with van der Waals surface area (Å²) in [5.41, 5.74) is 2.32. The van der Waals surface area contributed by atoms with Crippen LogP contribution in [0.3, 0.4) is 0 Å². The molecule has 0 spiro atoms. The number of benzene rings is 1. The Morgan fingerprint density at radius 2 is 1.90 bits per heavy atom. The Morgan fingerprint density at radius 3 is 2.57 bits per heavy atom. The molecular formula is C24H30N4O2. The number of Topliss-reactive ketones (excluding diaryl/α,β-unsaturated/α-hetero) is 1. The molecule has 1 fully saturated rings. The summed E-state index contributed by atoms with van der Waals surface area (Å²) in [5.74, 6) is 0.357. The number of carbonyl (C=O) groups is 1. The number of pyridine rings is 1. The van der Waals surface area contributed by atoms with Gasteiger partial charge in [-0.15, -0.1) is 0 Å². The SMILES string of the molecule is Cn1cc(-c2ccc3cnc(CC(=O)C4CCN(CC(C)(C)O)CC4)cc3c2)cn1. The molecule has 1 aromatic carbocycles. The Bertz CT molecular complexity index is 1040. The van der Waals surface area contributed by atoms with Gasteiger partial charge in [-0.1, -0.05) is 12.1 Å². The van der Waals surface area contributed by atoms with Crippen LogP contribution in [0.1, 0.15) is 32.4 Å². The predicted molar refractivity (Wildman–Crippen MR) is 118 cm³/mol. The van der Waals surface area contributed by atoms with E-state index in [9.17, 15) is 9.90 Å². The summed E-state index contributed by atoms with van der Waals surface area (Å²) in [7, 11) is 1.91. The largest absolute Gasteiger partial charge is 0.389 e. The fraction of sp³-hybridized carbons (Fsp3) is 0.458. The van der Waals surface area contributed by atoms with E-state index >= 15 is 0 Å². The van der Waals surface area contributed by atoms with E-state index in [1.165, 1.54) is 0 Å². The Labute approximate surface area is 177 Å².